The van der Waals surface area contributed by atoms with Gasteiger partial charge in [0.05, 0.1) is 0 Å². The number of rotatable bonds is 2. The highest BCUT2D eigenvalue weighted by Gasteiger charge is 2.32. The van der Waals surface area contributed by atoms with Crippen LogP contribution in [0.4, 0.5) is 4.79 Å². The Labute approximate surface area is 91.2 Å². The van der Waals surface area contributed by atoms with Gasteiger partial charge in [0.2, 0.25) is 0 Å². The van der Waals surface area contributed by atoms with Crippen molar-refractivity contribution in [2.24, 2.45) is 0 Å². The average Bonchev–Trinajstić information content (AvgIpc) is 2.49. The molecule has 1 aromatic carbocycles. The number of hydrogen-bond donors (Lipinski definition) is 1. The first-order valence-corrected chi connectivity index (χ1v) is 4.79. The standard InChI is InChI=1S/C10H8ClNO3/c11-7-3-1-6(2-4-7)5-8-9(13)15-10(14)12-8/h1-4,8H,5H2,(H,12,14). The van der Waals surface area contributed by atoms with E-state index in [0.29, 0.717) is 11.4 Å². The minimum atomic E-state index is -0.682. The molecule has 15 heavy (non-hydrogen) atoms. The fraction of sp³-hybridized carbons (Fsp3) is 0.200. The SMILES string of the molecule is O=C1NC(Cc2ccc(Cl)cc2)C(=O)O1. The van der Waals surface area contributed by atoms with Crippen LogP contribution in [-0.2, 0) is 16.0 Å². The fourth-order valence-corrected chi connectivity index (χ4v) is 1.51. The van der Waals surface area contributed by atoms with Crippen molar-refractivity contribution in [3.63, 3.8) is 0 Å². The summed E-state index contributed by atoms with van der Waals surface area (Å²) < 4.78 is 4.35. The van der Waals surface area contributed by atoms with Crippen LogP contribution in [0, 0.1) is 0 Å². The van der Waals surface area contributed by atoms with Gasteiger partial charge in [0.25, 0.3) is 0 Å². The minimum Gasteiger partial charge on any atom is -0.375 e. The molecule has 1 amide bonds. The zero-order valence-corrected chi connectivity index (χ0v) is 8.45. The second kappa shape index (κ2) is 3.90. The average molecular weight is 226 g/mol. The largest absolute Gasteiger partial charge is 0.415 e. The number of nitrogens with one attached hydrogen (secondary N) is 1. The monoisotopic (exact) mass is 225 g/mol. The highest BCUT2D eigenvalue weighted by Crippen LogP contribution is 2.13. The van der Waals surface area contributed by atoms with Crippen LogP contribution in [0.2, 0.25) is 5.02 Å². The first kappa shape index (κ1) is 9.98. The highest BCUT2D eigenvalue weighted by molar-refractivity contribution is 6.30. The van der Waals surface area contributed by atoms with Crippen LogP contribution in [0.15, 0.2) is 24.3 Å². The molecule has 1 atom stereocenters. The number of esters is 1. The molecule has 0 saturated carbocycles. The van der Waals surface area contributed by atoms with Gasteiger partial charge in [-0.2, -0.15) is 0 Å². The third kappa shape index (κ3) is 2.27. The molecule has 4 nitrogen and oxygen atoms in total. The van der Waals surface area contributed by atoms with Crippen molar-refractivity contribution < 1.29 is 14.3 Å². The van der Waals surface area contributed by atoms with Gasteiger partial charge in [-0.15, -0.1) is 0 Å². The summed E-state index contributed by atoms with van der Waals surface area (Å²) in [6.07, 6.45) is -0.263. The van der Waals surface area contributed by atoms with E-state index in [-0.39, 0.29) is 0 Å². The van der Waals surface area contributed by atoms with Crippen LogP contribution >= 0.6 is 11.6 Å². The van der Waals surface area contributed by atoms with E-state index in [4.69, 9.17) is 11.6 Å². The Hall–Kier alpha value is -1.55. The first-order valence-electron chi connectivity index (χ1n) is 4.42. The maximum atomic E-state index is 11.1. The zero-order valence-electron chi connectivity index (χ0n) is 7.70. The van der Waals surface area contributed by atoms with Gasteiger partial charge < -0.3 is 10.1 Å². The zero-order chi connectivity index (χ0) is 10.8. The maximum Gasteiger partial charge on any atom is 0.415 e. The lowest BCUT2D eigenvalue weighted by Gasteiger charge is -2.05. The number of amides is 1. The third-order valence-corrected chi connectivity index (χ3v) is 2.37. The number of benzene rings is 1. The molecule has 1 aliphatic rings. The molecule has 1 unspecified atom stereocenters. The van der Waals surface area contributed by atoms with E-state index in [0.717, 1.165) is 5.56 Å². The van der Waals surface area contributed by atoms with Gasteiger partial charge in [-0.25, -0.2) is 9.59 Å². The maximum absolute atomic E-state index is 11.1. The summed E-state index contributed by atoms with van der Waals surface area (Å²) in [6, 6.07) is 6.50. The van der Waals surface area contributed by atoms with Crippen molar-refractivity contribution in [1.29, 1.82) is 0 Å². The van der Waals surface area contributed by atoms with Crippen LogP contribution in [0.3, 0.4) is 0 Å². The molecule has 1 aliphatic heterocycles. The van der Waals surface area contributed by atoms with Gasteiger partial charge >= 0.3 is 12.1 Å². The summed E-state index contributed by atoms with van der Waals surface area (Å²) in [5, 5.41) is 3.06. The second-order valence-electron chi connectivity index (χ2n) is 3.24. The number of halogens is 1. The molecule has 2 rings (SSSR count). The molecular weight excluding hydrogens is 218 g/mol. The van der Waals surface area contributed by atoms with Crippen molar-refractivity contribution in [1.82, 2.24) is 5.32 Å². The second-order valence-corrected chi connectivity index (χ2v) is 3.67. The van der Waals surface area contributed by atoms with E-state index in [1.165, 1.54) is 0 Å². The normalized spacial score (nSPS) is 19.9. The van der Waals surface area contributed by atoms with E-state index in [1.807, 2.05) is 0 Å². The van der Waals surface area contributed by atoms with Crippen LogP contribution < -0.4 is 5.32 Å². The summed E-state index contributed by atoms with van der Waals surface area (Å²) in [5.41, 5.74) is 0.920. The molecule has 0 aliphatic carbocycles. The van der Waals surface area contributed by atoms with E-state index in [1.54, 1.807) is 24.3 Å². The molecule has 0 bridgehead atoms. The van der Waals surface area contributed by atoms with Gasteiger partial charge in [-0.3, -0.25) is 0 Å². The molecule has 5 heteroatoms. The van der Waals surface area contributed by atoms with Gasteiger partial charge in [0, 0.05) is 11.4 Å². The quantitative estimate of drug-likeness (QED) is 0.613. The summed E-state index contributed by atoms with van der Waals surface area (Å²) in [5.74, 6) is -0.532. The molecule has 1 fully saturated rings. The van der Waals surface area contributed by atoms with Gasteiger partial charge in [-0.1, -0.05) is 23.7 Å². The Bertz CT molecular complexity index is 402. The molecule has 78 valence electrons. The lowest BCUT2D eigenvalue weighted by molar-refractivity contribution is -0.135. The molecule has 0 spiro atoms. The predicted molar refractivity (Wildman–Crippen MR) is 53.6 cm³/mol. The molecule has 1 N–H and O–H groups in total. The lowest BCUT2D eigenvalue weighted by Crippen LogP contribution is -2.30. The van der Waals surface area contributed by atoms with Crippen LogP contribution in [0.1, 0.15) is 5.56 Å². The topological polar surface area (TPSA) is 55.4 Å². The number of carbonyl (C=O) groups excluding carboxylic acids is 2. The smallest absolute Gasteiger partial charge is 0.375 e. The van der Waals surface area contributed by atoms with Gasteiger partial charge in [0.15, 0.2) is 0 Å². The van der Waals surface area contributed by atoms with Crippen LogP contribution in [0.5, 0.6) is 0 Å². The Balaban J connectivity index is 2.06. The predicted octanol–water partition coefficient (Wildman–Crippen LogP) is 1.52. The summed E-state index contributed by atoms with van der Waals surface area (Å²) in [6.45, 7) is 0. The minimum absolute atomic E-state index is 0.418. The van der Waals surface area contributed by atoms with Crippen molar-refractivity contribution >= 4 is 23.7 Å². The lowest BCUT2D eigenvalue weighted by atomic mass is 10.1. The number of carbonyl (C=O) groups is 2. The van der Waals surface area contributed by atoms with E-state index < -0.39 is 18.1 Å². The van der Waals surface area contributed by atoms with Crippen molar-refractivity contribution in [2.45, 2.75) is 12.5 Å². The highest BCUT2D eigenvalue weighted by atomic mass is 35.5. The molecule has 1 saturated heterocycles. The number of hydrogen-bond acceptors (Lipinski definition) is 3. The first-order chi connectivity index (χ1) is 7.15. The third-order valence-electron chi connectivity index (χ3n) is 2.12. The Morgan fingerprint density at radius 3 is 2.47 bits per heavy atom. The molecule has 0 radical (unpaired) electrons. The summed E-state index contributed by atoms with van der Waals surface area (Å²) in [4.78, 5) is 21.9. The van der Waals surface area contributed by atoms with Gasteiger partial charge in [-0.05, 0) is 17.7 Å². The summed E-state index contributed by atoms with van der Waals surface area (Å²) >= 11 is 5.72. The number of cyclic esters (lactones) is 2. The van der Waals surface area contributed by atoms with Crippen molar-refractivity contribution in [3.05, 3.63) is 34.9 Å². The van der Waals surface area contributed by atoms with E-state index in [2.05, 4.69) is 10.1 Å². The van der Waals surface area contributed by atoms with Crippen LogP contribution in [0.25, 0.3) is 0 Å². The van der Waals surface area contributed by atoms with Crippen molar-refractivity contribution in [3.8, 4) is 0 Å². The molecule has 1 aromatic rings. The Morgan fingerprint density at radius 2 is 1.93 bits per heavy atom. The molecule has 1 heterocycles. The molecule has 0 aromatic heterocycles. The Kier molecular flexibility index (Phi) is 2.60. The van der Waals surface area contributed by atoms with Crippen LogP contribution in [-0.4, -0.2) is 18.1 Å². The number of ether oxygens (including phenoxy) is 1. The summed E-state index contributed by atoms with van der Waals surface area (Å²) in [7, 11) is 0. The molecular formula is C10H8ClNO3. The Morgan fingerprint density at radius 1 is 1.27 bits per heavy atom. The van der Waals surface area contributed by atoms with E-state index in [9.17, 15) is 9.59 Å². The van der Waals surface area contributed by atoms with Crippen molar-refractivity contribution in [2.75, 3.05) is 0 Å². The van der Waals surface area contributed by atoms with Gasteiger partial charge in [0.1, 0.15) is 6.04 Å². The fourth-order valence-electron chi connectivity index (χ4n) is 1.38. The van der Waals surface area contributed by atoms with E-state index >= 15 is 0 Å². The number of alkyl carbamates (subject to hydrolysis) is 1.